The third-order valence-electron chi connectivity index (χ3n) is 0.859. The summed E-state index contributed by atoms with van der Waals surface area (Å²) in [6.07, 6.45) is 0. The molecule has 0 atom stereocenters. The van der Waals surface area contributed by atoms with E-state index in [0.717, 1.165) is 0 Å². The molecule has 0 aromatic heterocycles. The lowest BCUT2D eigenvalue weighted by atomic mass is 10.1. The van der Waals surface area contributed by atoms with Gasteiger partial charge in [0.05, 0.1) is 20.8 Å². The summed E-state index contributed by atoms with van der Waals surface area (Å²) < 4.78 is 2.48. The average Bonchev–Trinajstić information content (AvgIpc) is 1.59. The molecule has 0 aliphatic rings. The Labute approximate surface area is 71.9 Å². The summed E-state index contributed by atoms with van der Waals surface area (Å²) in [5.74, 6) is 0. The van der Waals surface area contributed by atoms with Crippen LogP contribution in [0.2, 0.25) is 0 Å². The maximum absolute atomic E-state index is 3.31. The van der Waals surface area contributed by atoms with E-state index in [1.165, 1.54) is 20.8 Å². The van der Waals surface area contributed by atoms with Crippen molar-refractivity contribution in [3.05, 3.63) is 0 Å². The van der Waals surface area contributed by atoms with Crippen LogP contribution < -0.4 is 10.5 Å². The number of rotatable bonds is 3. The molecule has 0 fully saturated rings. The fourth-order valence-corrected chi connectivity index (χ4v) is 2.34. The smallest absolute Gasteiger partial charge is 0.170 e. The molecule has 0 aromatic carbocycles. The van der Waals surface area contributed by atoms with E-state index >= 15 is 0 Å². The SMILES string of the molecule is CC(C)(C)NN[SiH2]N([SiH3])[SiH3]. The molecule has 0 unspecified atom stereocenters. The zero-order valence-corrected chi connectivity index (χ0v) is 13.1. The highest BCUT2D eigenvalue weighted by Crippen LogP contribution is 1.94. The Morgan fingerprint density at radius 1 is 1.30 bits per heavy atom. The lowest BCUT2D eigenvalue weighted by Gasteiger charge is -2.22. The summed E-state index contributed by atoms with van der Waals surface area (Å²) in [7, 11) is 2.31. The lowest BCUT2D eigenvalue weighted by Crippen LogP contribution is -2.51. The molecule has 0 radical (unpaired) electrons. The van der Waals surface area contributed by atoms with Crippen LogP contribution >= 0.6 is 0 Å². The van der Waals surface area contributed by atoms with Gasteiger partial charge < -0.3 is 3.90 Å². The molecule has 2 N–H and O–H groups in total. The van der Waals surface area contributed by atoms with E-state index in [2.05, 4.69) is 35.2 Å². The Balaban J connectivity index is 3.21. The molecule has 0 saturated heterocycles. The topological polar surface area (TPSA) is 27.3 Å². The molecule has 0 amide bonds. The van der Waals surface area contributed by atoms with Crippen molar-refractivity contribution in [2.45, 2.75) is 26.3 Å². The Bertz CT molecular complexity index is 90.2. The fraction of sp³-hybridized carbons (Fsp3) is 1.00. The second-order valence-electron chi connectivity index (χ2n) is 3.79. The first-order chi connectivity index (χ1) is 4.42. The van der Waals surface area contributed by atoms with Crippen LogP contribution in [0.1, 0.15) is 20.8 Å². The van der Waals surface area contributed by atoms with Crippen molar-refractivity contribution >= 4 is 30.7 Å². The summed E-state index contributed by atoms with van der Waals surface area (Å²) in [5, 5.41) is 3.31. The van der Waals surface area contributed by atoms with Gasteiger partial charge in [-0.2, -0.15) is 0 Å². The second kappa shape index (κ2) is 4.42. The van der Waals surface area contributed by atoms with Gasteiger partial charge in [-0.3, -0.25) is 10.5 Å². The predicted molar refractivity (Wildman–Crippen MR) is 56.3 cm³/mol. The quantitative estimate of drug-likeness (QED) is 0.364. The van der Waals surface area contributed by atoms with Crippen LogP contribution in [0.3, 0.4) is 0 Å². The van der Waals surface area contributed by atoms with Gasteiger partial charge in [0.2, 0.25) is 0 Å². The van der Waals surface area contributed by atoms with Crippen molar-refractivity contribution in [3.8, 4) is 0 Å². The first kappa shape index (κ1) is 10.5. The highest BCUT2D eigenvalue weighted by Gasteiger charge is 2.06. The Morgan fingerprint density at radius 2 is 1.80 bits per heavy atom. The molecule has 6 heteroatoms. The minimum absolute atomic E-state index is 0.138. The summed E-state index contributed by atoms with van der Waals surface area (Å²) in [6.45, 7) is 6.50. The minimum Gasteiger partial charge on any atom is -0.375 e. The maximum Gasteiger partial charge on any atom is 0.170 e. The Kier molecular flexibility index (Phi) is 4.65. The molecular formula is C4H19N3Si3. The van der Waals surface area contributed by atoms with Gasteiger partial charge in [-0.25, -0.2) is 0 Å². The van der Waals surface area contributed by atoms with Crippen LogP contribution in [-0.4, -0.2) is 40.1 Å². The van der Waals surface area contributed by atoms with E-state index in [0.29, 0.717) is 0 Å². The van der Waals surface area contributed by atoms with Gasteiger partial charge >= 0.3 is 0 Å². The van der Waals surface area contributed by atoms with E-state index < -0.39 is 0 Å². The zero-order valence-electron chi connectivity index (χ0n) is 7.65. The molecule has 0 aliphatic heterocycles. The van der Waals surface area contributed by atoms with E-state index in [1.54, 1.807) is 0 Å². The standard InChI is InChI=1S/C4H19N3Si3/c1-4(2,3)5-6-10-7(8)9/h5-6H,10H2,1-3,8-9H3. The van der Waals surface area contributed by atoms with Crippen molar-refractivity contribution in [2.24, 2.45) is 0 Å². The van der Waals surface area contributed by atoms with Crippen molar-refractivity contribution in [3.63, 3.8) is 0 Å². The number of nitrogens with one attached hydrogen (secondary N) is 2. The number of hydrogen-bond acceptors (Lipinski definition) is 3. The van der Waals surface area contributed by atoms with Crippen molar-refractivity contribution < 1.29 is 0 Å². The molecule has 0 aliphatic carbocycles. The molecule has 0 aromatic rings. The van der Waals surface area contributed by atoms with Crippen molar-refractivity contribution in [2.75, 3.05) is 0 Å². The van der Waals surface area contributed by atoms with Crippen LogP contribution in [0.25, 0.3) is 0 Å². The van der Waals surface area contributed by atoms with Crippen LogP contribution in [0.4, 0.5) is 0 Å². The summed E-state index contributed by atoms with van der Waals surface area (Å²) in [5.41, 5.74) is 3.48. The minimum atomic E-state index is -0.138. The van der Waals surface area contributed by atoms with Gasteiger partial charge in [0.15, 0.2) is 9.84 Å². The Hall–Kier alpha value is 0.531. The summed E-state index contributed by atoms with van der Waals surface area (Å²) in [6, 6.07) is 0. The third-order valence-corrected chi connectivity index (χ3v) is 3.72. The zero-order chi connectivity index (χ0) is 8.20. The number of nitrogens with zero attached hydrogens (tertiary/aromatic N) is 1. The summed E-state index contributed by atoms with van der Waals surface area (Å²) >= 11 is 0. The van der Waals surface area contributed by atoms with Crippen LogP contribution in [0.15, 0.2) is 0 Å². The van der Waals surface area contributed by atoms with Gasteiger partial charge in [-0.05, 0) is 20.8 Å². The van der Waals surface area contributed by atoms with Gasteiger partial charge in [-0.1, -0.05) is 0 Å². The average molecular weight is 193 g/mol. The maximum atomic E-state index is 3.31. The van der Waals surface area contributed by atoms with Crippen LogP contribution in [-0.2, 0) is 0 Å². The summed E-state index contributed by atoms with van der Waals surface area (Å²) in [4.78, 5) is 0. The van der Waals surface area contributed by atoms with Gasteiger partial charge in [0.25, 0.3) is 0 Å². The fourth-order valence-electron chi connectivity index (χ4n) is 0.463. The van der Waals surface area contributed by atoms with Crippen LogP contribution in [0, 0.1) is 0 Å². The molecule has 0 heterocycles. The molecular weight excluding hydrogens is 174 g/mol. The molecule has 0 saturated carbocycles. The first-order valence-corrected chi connectivity index (χ1v) is 6.69. The van der Waals surface area contributed by atoms with E-state index in [4.69, 9.17) is 0 Å². The van der Waals surface area contributed by atoms with Crippen molar-refractivity contribution in [1.82, 2.24) is 14.4 Å². The van der Waals surface area contributed by atoms with Crippen molar-refractivity contribution in [1.29, 1.82) is 0 Å². The molecule has 0 spiro atoms. The normalized spacial score (nSPS) is 14.4. The predicted octanol–water partition coefficient (Wildman–Crippen LogP) is -3.26. The largest absolute Gasteiger partial charge is 0.375 e. The molecule has 10 heavy (non-hydrogen) atoms. The van der Waals surface area contributed by atoms with E-state index in [1.807, 2.05) is 0 Å². The highest BCUT2D eigenvalue weighted by molar-refractivity contribution is 6.50. The highest BCUT2D eigenvalue weighted by atomic mass is 28.3. The van der Waals surface area contributed by atoms with Crippen LogP contribution in [0.5, 0.6) is 0 Å². The third kappa shape index (κ3) is 8.53. The van der Waals surface area contributed by atoms with Gasteiger partial charge in [-0.15, -0.1) is 0 Å². The lowest BCUT2D eigenvalue weighted by molar-refractivity contribution is 0.407. The Morgan fingerprint density at radius 3 is 2.10 bits per heavy atom. The number of hydrazine groups is 1. The van der Waals surface area contributed by atoms with E-state index in [9.17, 15) is 0 Å². The molecule has 62 valence electrons. The number of hydrogen-bond donors (Lipinski definition) is 2. The molecule has 3 nitrogen and oxygen atoms in total. The molecule has 0 rings (SSSR count). The molecule has 0 bridgehead atoms. The van der Waals surface area contributed by atoms with E-state index in [-0.39, 0.29) is 15.4 Å². The van der Waals surface area contributed by atoms with Gasteiger partial charge in [0.1, 0.15) is 0 Å². The first-order valence-electron chi connectivity index (χ1n) is 3.56. The second-order valence-corrected chi connectivity index (χ2v) is 13.1. The monoisotopic (exact) mass is 193 g/mol. The van der Waals surface area contributed by atoms with Gasteiger partial charge in [0, 0.05) is 5.54 Å².